The minimum Gasteiger partial charge on any atom is -0.453 e. The fraction of sp³-hybridized carbons (Fsp3) is 0.333. The lowest BCUT2D eigenvalue weighted by molar-refractivity contribution is -0.123. The molecule has 90 valence electrons. The van der Waals surface area contributed by atoms with Crippen molar-refractivity contribution in [3.63, 3.8) is 0 Å². The largest absolute Gasteiger partial charge is 0.453 e. The minimum absolute atomic E-state index is 0.188. The van der Waals surface area contributed by atoms with Crippen molar-refractivity contribution in [2.45, 2.75) is 19.0 Å². The van der Waals surface area contributed by atoms with Gasteiger partial charge >= 0.3 is 6.09 Å². The van der Waals surface area contributed by atoms with Crippen molar-refractivity contribution < 1.29 is 14.3 Å². The van der Waals surface area contributed by atoms with Gasteiger partial charge < -0.3 is 15.4 Å². The van der Waals surface area contributed by atoms with Crippen LogP contribution in [0.1, 0.15) is 11.1 Å². The lowest BCUT2D eigenvalue weighted by Gasteiger charge is -2.14. The van der Waals surface area contributed by atoms with E-state index in [0.717, 1.165) is 11.1 Å². The zero-order valence-electron chi connectivity index (χ0n) is 9.53. The minimum atomic E-state index is -0.593. The van der Waals surface area contributed by atoms with Gasteiger partial charge in [-0.3, -0.25) is 4.79 Å². The summed E-state index contributed by atoms with van der Waals surface area (Å²) in [7, 11) is 1.28. The van der Waals surface area contributed by atoms with Crippen molar-refractivity contribution in [1.29, 1.82) is 0 Å². The maximum atomic E-state index is 11.8. The van der Waals surface area contributed by atoms with E-state index in [1.54, 1.807) is 0 Å². The number of hydrogen-bond donors (Lipinski definition) is 2. The Morgan fingerprint density at radius 1 is 1.41 bits per heavy atom. The Labute approximate surface area is 99.2 Å². The first-order valence-electron chi connectivity index (χ1n) is 5.39. The van der Waals surface area contributed by atoms with E-state index in [1.165, 1.54) is 7.11 Å². The SMILES string of the molecule is COC(=O)NC1Cc2ccccc2CNC1=O. The first-order chi connectivity index (χ1) is 8.20. The van der Waals surface area contributed by atoms with Crippen molar-refractivity contribution in [1.82, 2.24) is 10.6 Å². The lowest BCUT2D eigenvalue weighted by atomic mass is 10.0. The van der Waals surface area contributed by atoms with Crippen LogP contribution in [0.25, 0.3) is 0 Å². The first kappa shape index (κ1) is 11.4. The number of fused-ring (bicyclic) bond motifs is 1. The topological polar surface area (TPSA) is 67.4 Å². The molecule has 0 radical (unpaired) electrons. The number of carbonyl (C=O) groups is 2. The second kappa shape index (κ2) is 4.86. The van der Waals surface area contributed by atoms with Crippen LogP contribution in [0.4, 0.5) is 4.79 Å². The van der Waals surface area contributed by atoms with Crippen LogP contribution < -0.4 is 10.6 Å². The molecule has 17 heavy (non-hydrogen) atoms. The van der Waals surface area contributed by atoms with Crippen LogP contribution in [0.5, 0.6) is 0 Å². The second-order valence-corrected chi connectivity index (χ2v) is 3.88. The highest BCUT2D eigenvalue weighted by molar-refractivity contribution is 5.86. The Morgan fingerprint density at radius 2 is 2.12 bits per heavy atom. The molecule has 0 bridgehead atoms. The molecule has 0 spiro atoms. The van der Waals surface area contributed by atoms with E-state index in [1.807, 2.05) is 24.3 Å². The first-order valence-corrected chi connectivity index (χ1v) is 5.39. The molecule has 2 rings (SSSR count). The molecule has 5 heteroatoms. The van der Waals surface area contributed by atoms with Gasteiger partial charge in [-0.2, -0.15) is 0 Å². The summed E-state index contributed by atoms with van der Waals surface area (Å²) < 4.78 is 4.50. The lowest BCUT2D eigenvalue weighted by Crippen LogP contribution is -2.46. The molecule has 1 atom stereocenters. The monoisotopic (exact) mass is 234 g/mol. The fourth-order valence-corrected chi connectivity index (χ4v) is 1.87. The zero-order valence-corrected chi connectivity index (χ0v) is 9.53. The van der Waals surface area contributed by atoms with E-state index in [9.17, 15) is 9.59 Å². The van der Waals surface area contributed by atoms with Gasteiger partial charge in [0.15, 0.2) is 0 Å². The molecule has 1 unspecified atom stereocenters. The third-order valence-electron chi connectivity index (χ3n) is 2.79. The Balaban J connectivity index is 2.18. The predicted molar refractivity (Wildman–Crippen MR) is 61.3 cm³/mol. The van der Waals surface area contributed by atoms with E-state index < -0.39 is 12.1 Å². The summed E-state index contributed by atoms with van der Waals surface area (Å²) in [6, 6.07) is 7.20. The van der Waals surface area contributed by atoms with Gasteiger partial charge in [0.1, 0.15) is 6.04 Å². The number of hydrogen-bond acceptors (Lipinski definition) is 3. The number of alkyl carbamates (subject to hydrolysis) is 1. The fourth-order valence-electron chi connectivity index (χ4n) is 1.87. The molecule has 0 saturated heterocycles. The maximum Gasteiger partial charge on any atom is 0.407 e. The Hall–Kier alpha value is -2.04. The predicted octanol–water partition coefficient (Wildman–Crippen LogP) is 0.583. The van der Waals surface area contributed by atoms with Crippen LogP contribution in [0.15, 0.2) is 24.3 Å². The highest BCUT2D eigenvalue weighted by Crippen LogP contribution is 2.14. The molecule has 2 N–H and O–H groups in total. The molecule has 0 aromatic heterocycles. The number of benzene rings is 1. The number of nitrogens with one attached hydrogen (secondary N) is 2. The summed E-state index contributed by atoms with van der Waals surface area (Å²) in [5.74, 6) is -0.188. The van der Waals surface area contributed by atoms with E-state index in [4.69, 9.17) is 0 Å². The van der Waals surface area contributed by atoms with E-state index >= 15 is 0 Å². The summed E-state index contributed by atoms with van der Waals surface area (Å²) in [4.78, 5) is 22.9. The van der Waals surface area contributed by atoms with E-state index in [0.29, 0.717) is 13.0 Å². The Kier molecular flexibility index (Phi) is 3.27. The van der Waals surface area contributed by atoms with Gasteiger partial charge in [0.25, 0.3) is 0 Å². The van der Waals surface area contributed by atoms with Crippen molar-refractivity contribution >= 4 is 12.0 Å². The van der Waals surface area contributed by atoms with Crippen molar-refractivity contribution in [2.24, 2.45) is 0 Å². The normalized spacial score (nSPS) is 18.6. The molecular weight excluding hydrogens is 220 g/mol. The smallest absolute Gasteiger partial charge is 0.407 e. The Morgan fingerprint density at radius 3 is 2.82 bits per heavy atom. The molecule has 1 aliphatic rings. The average Bonchev–Trinajstić information content (AvgIpc) is 2.50. The summed E-state index contributed by atoms with van der Waals surface area (Å²) in [6.07, 6.45) is -0.110. The van der Waals surface area contributed by atoms with Gasteiger partial charge in [-0.1, -0.05) is 24.3 Å². The van der Waals surface area contributed by atoms with Gasteiger partial charge in [-0.05, 0) is 11.1 Å². The molecule has 1 heterocycles. The van der Waals surface area contributed by atoms with Crippen molar-refractivity contribution in [3.8, 4) is 0 Å². The van der Waals surface area contributed by atoms with Gasteiger partial charge in [-0.15, -0.1) is 0 Å². The molecule has 2 amide bonds. The van der Waals surface area contributed by atoms with Crippen molar-refractivity contribution in [3.05, 3.63) is 35.4 Å². The Bertz CT molecular complexity index is 445. The second-order valence-electron chi connectivity index (χ2n) is 3.88. The van der Waals surface area contributed by atoms with Crippen LogP contribution in [0.3, 0.4) is 0 Å². The molecule has 0 aliphatic carbocycles. The standard InChI is InChI=1S/C12H14N2O3/c1-17-12(16)14-10-6-8-4-2-3-5-9(8)7-13-11(10)15/h2-5,10H,6-7H2,1H3,(H,13,15)(H,14,16). The van der Waals surface area contributed by atoms with Crippen LogP contribution in [0, 0.1) is 0 Å². The van der Waals surface area contributed by atoms with Gasteiger partial charge in [0, 0.05) is 13.0 Å². The van der Waals surface area contributed by atoms with Crippen LogP contribution in [0.2, 0.25) is 0 Å². The molecule has 1 aliphatic heterocycles. The van der Waals surface area contributed by atoms with E-state index in [2.05, 4.69) is 15.4 Å². The number of ether oxygens (including phenoxy) is 1. The third-order valence-corrected chi connectivity index (χ3v) is 2.79. The number of carbonyl (C=O) groups excluding carboxylic acids is 2. The third kappa shape index (κ3) is 2.55. The molecule has 0 fully saturated rings. The quantitative estimate of drug-likeness (QED) is 0.747. The van der Waals surface area contributed by atoms with Crippen LogP contribution in [-0.4, -0.2) is 25.2 Å². The molecule has 5 nitrogen and oxygen atoms in total. The van der Waals surface area contributed by atoms with Gasteiger partial charge in [0.05, 0.1) is 7.11 Å². The van der Waals surface area contributed by atoms with Gasteiger partial charge in [-0.25, -0.2) is 4.79 Å². The number of rotatable bonds is 1. The summed E-state index contributed by atoms with van der Waals surface area (Å²) in [6.45, 7) is 0.494. The number of methoxy groups -OCH3 is 1. The van der Waals surface area contributed by atoms with Gasteiger partial charge in [0.2, 0.25) is 5.91 Å². The summed E-state index contributed by atoms with van der Waals surface area (Å²) in [5, 5.41) is 5.30. The maximum absolute atomic E-state index is 11.8. The average molecular weight is 234 g/mol. The molecule has 0 saturated carbocycles. The number of amides is 2. The van der Waals surface area contributed by atoms with Crippen molar-refractivity contribution in [2.75, 3.05) is 7.11 Å². The highest BCUT2D eigenvalue weighted by Gasteiger charge is 2.25. The molecular formula is C12H14N2O3. The summed E-state index contributed by atoms with van der Waals surface area (Å²) in [5.41, 5.74) is 2.14. The van der Waals surface area contributed by atoms with Crippen LogP contribution in [-0.2, 0) is 22.5 Å². The highest BCUT2D eigenvalue weighted by atomic mass is 16.5. The molecule has 1 aromatic carbocycles. The zero-order chi connectivity index (χ0) is 12.3. The van der Waals surface area contributed by atoms with E-state index in [-0.39, 0.29) is 5.91 Å². The molecule has 1 aromatic rings. The van der Waals surface area contributed by atoms with Crippen LogP contribution >= 0.6 is 0 Å². The summed E-state index contributed by atoms with van der Waals surface area (Å²) >= 11 is 0.